The molecule has 0 atom stereocenters. The summed E-state index contributed by atoms with van der Waals surface area (Å²) in [4.78, 5) is 22.8. The Morgan fingerprint density at radius 2 is 1.77 bits per heavy atom. The topological polar surface area (TPSA) is 75.6 Å². The van der Waals surface area contributed by atoms with Crippen molar-refractivity contribution < 1.29 is 19.4 Å². The molecule has 0 bridgehead atoms. The van der Waals surface area contributed by atoms with Gasteiger partial charge in [0.05, 0.1) is 12.7 Å². The van der Waals surface area contributed by atoms with Crippen molar-refractivity contribution in [2.75, 3.05) is 12.4 Å². The van der Waals surface area contributed by atoms with E-state index in [-0.39, 0.29) is 12.3 Å². The van der Waals surface area contributed by atoms with Crippen LogP contribution in [-0.4, -0.2) is 24.1 Å². The van der Waals surface area contributed by atoms with Gasteiger partial charge in [-0.05, 0) is 36.2 Å². The number of carbonyl (C=O) groups excluding carboxylic acids is 1. The first-order valence-electron chi connectivity index (χ1n) is 6.85. The highest BCUT2D eigenvalue weighted by Gasteiger charge is 2.11. The molecule has 0 heterocycles. The molecule has 0 fully saturated rings. The van der Waals surface area contributed by atoms with Crippen LogP contribution < -0.4 is 10.1 Å². The smallest absolute Gasteiger partial charge is 0.303 e. The lowest BCUT2D eigenvalue weighted by Gasteiger charge is -2.09. The molecular weight excluding hydrogens is 282 g/mol. The van der Waals surface area contributed by atoms with E-state index in [4.69, 9.17) is 9.84 Å². The predicted octanol–water partition coefficient (Wildman–Crippen LogP) is 2.96. The Balaban J connectivity index is 2.04. The number of hydrogen-bond acceptors (Lipinski definition) is 3. The van der Waals surface area contributed by atoms with Crippen molar-refractivity contribution in [1.82, 2.24) is 0 Å². The zero-order valence-electron chi connectivity index (χ0n) is 12.2. The van der Waals surface area contributed by atoms with Gasteiger partial charge in [0.2, 0.25) is 0 Å². The maximum atomic E-state index is 12.2. The van der Waals surface area contributed by atoms with E-state index >= 15 is 0 Å². The third-order valence-electron chi connectivity index (χ3n) is 3.19. The van der Waals surface area contributed by atoms with Gasteiger partial charge in [0.15, 0.2) is 0 Å². The number of anilines is 1. The number of carboxylic acids is 1. The molecule has 0 spiro atoms. The van der Waals surface area contributed by atoms with Crippen molar-refractivity contribution in [3.8, 4) is 5.75 Å². The Morgan fingerprint density at radius 1 is 1.09 bits per heavy atom. The molecule has 0 aliphatic carbocycles. The van der Waals surface area contributed by atoms with Crippen LogP contribution in [0.2, 0.25) is 0 Å². The molecule has 114 valence electrons. The van der Waals surface area contributed by atoms with Gasteiger partial charge in [0, 0.05) is 12.1 Å². The number of carbonyl (C=O) groups is 2. The molecule has 0 saturated heterocycles. The summed E-state index contributed by atoms with van der Waals surface area (Å²) in [6, 6.07) is 14.1. The first-order chi connectivity index (χ1) is 10.6. The van der Waals surface area contributed by atoms with Crippen molar-refractivity contribution in [3.05, 3.63) is 59.7 Å². The normalized spacial score (nSPS) is 10.0. The summed E-state index contributed by atoms with van der Waals surface area (Å²) in [7, 11) is 1.52. The van der Waals surface area contributed by atoms with E-state index in [9.17, 15) is 9.59 Å². The maximum absolute atomic E-state index is 12.2. The van der Waals surface area contributed by atoms with Gasteiger partial charge < -0.3 is 15.2 Å². The number of amides is 1. The number of aryl methyl sites for hydroxylation is 1. The average molecular weight is 299 g/mol. The second-order valence-electron chi connectivity index (χ2n) is 4.75. The summed E-state index contributed by atoms with van der Waals surface area (Å²) in [5.74, 6) is -0.567. The molecule has 2 aromatic rings. The van der Waals surface area contributed by atoms with Crippen molar-refractivity contribution in [3.63, 3.8) is 0 Å². The van der Waals surface area contributed by atoms with Crippen LogP contribution in [0.3, 0.4) is 0 Å². The number of nitrogens with one attached hydrogen (secondary N) is 1. The monoisotopic (exact) mass is 299 g/mol. The van der Waals surface area contributed by atoms with Crippen LogP contribution in [0.4, 0.5) is 5.69 Å². The zero-order chi connectivity index (χ0) is 15.9. The number of carboxylic acid groups (broad SMARTS) is 1. The quantitative estimate of drug-likeness (QED) is 0.860. The molecule has 22 heavy (non-hydrogen) atoms. The van der Waals surface area contributed by atoms with Crippen molar-refractivity contribution in [1.29, 1.82) is 0 Å². The van der Waals surface area contributed by atoms with Crippen LogP contribution in [0.5, 0.6) is 5.75 Å². The predicted molar refractivity (Wildman–Crippen MR) is 83.3 cm³/mol. The fourth-order valence-electron chi connectivity index (χ4n) is 2.04. The second-order valence-corrected chi connectivity index (χ2v) is 4.75. The Morgan fingerprint density at radius 3 is 2.41 bits per heavy atom. The Hall–Kier alpha value is -2.82. The van der Waals surface area contributed by atoms with Crippen LogP contribution >= 0.6 is 0 Å². The summed E-state index contributed by atoms with van der Waals surface area (Å²) in [6.07, 6.45) is 0.559. The van der Waals surface area contributed by atoms with Crippen molar-refractivity contribution in [2.45, 2.75) is 12.8 Å². The summed E-state index contributed by atoms with van der Waals surface area (Å²) in [5, 5.41) is 11.4. The summed E-state index contributed by atoms with van der Waals surface area (Å²) >= 11 is 0. The fourth-order valence-corrected chi connectivity index (χ4v) is 2.04. The minimum absolute atomic E-state index is 0.0902. The van der Waals surface area contributed by atoms with Crippen molar-refractivity contribution in [2.24, 2.45) is 0 Å². The lowest BCUT2D eigenvalue weighted by Crippen LogP contribution is -2.13. The van der Waals surface area contributed by atoms with E-state index in [0.717, 1.165) is 5.56 Å². The fraction of sp³-hybridized carbons (Fsp3) is 0.176. The Kier molecular flexibility index (Phi) is 5.14. The molecule has 2 rings (SSSR count). The van der Waals surface area contributed by atoms with E-state index in [1.165, 1.54) is 7.11 Å². The molecule has 5 nitrogen and oxygen atoms in total. The van der Waals surface area contributed by atoms with Crippen LogP contribution in [0.15, 0.2) is 48.5 Å². The largest absolute Gasteiger partial charge is 0.496 e. The van der Waals surface area contributed by atoms with E-state index in [1.54, 1.807) is 48.5 Å². The zero-order valence-corrected chi connectivity index (χ0v) is 12.2. The molecular formula is C17H17NO4. The second kappa shape index (κ2) is 7.26. The summed E-state index contributed by atoms with van der Waals surface area (Å²) in [5.41, 5.74) is 2.02. The molecule has 0 aliphatic heterocycles. The van der Waals surface area contributed by atoms with Gasteiger partial charge in [-0.25, -0.2) is 0 Å². The number of rotatable bonds is 6. The lowest BCUT2D eigenvalue weighted by molar-refractivity contribution is -0.136. The Bertz CT molecular complexity index is 665. The molecule has 2 aromatic carbocycles. The molecule has 0 aliphatic rings. The van der Waals surface area contributed by atoms with Crippen LogP contribution in [-0.2, 0) is 11.2 Å². The summed E-state index contributed by atoms with van der Waals surface area (Å²) < 4.78 is 5.16. The molecule has 0 unspecified atom stereocenters. The van der Waals surface area contributed by atoms with Gasteiger partial charge >= 0.3 is 5.97 Å². The van der Waals surface area contributed by atoms with Gasteiger partial charge in [0.25, 0.3) is 5.91 Å². The lowest BCUT2D eigenvalue weighted by atomic mass is 10.1. The highest BCUT2D eigenvalue weighted by molar-refractivity contribution is 6.06. The highest BCUT2D eigenvalue weighted by atomic mass is 16.5. The molecule has 0 radical (unpaired) electrons. The van der Waals surface area contributed by atoms with Gasteiger partial charge in [-0.15, -0.1) is 0 Å². The molecule has 0 aromatic heterocycles. The molecule has 0 saturated carbocycles. The van der Waals surface area contributed by atoms with Crippen LogP contribution in [0, 0.1) is 0 Å². The third kappa shape index (κ3) is 4.09. The summed E-state index contributed by atoms with van der Waals surface area (Å²) in [6.45, 7) is 0. The average Bonchev–Trinajstić information content (AvgIpc) is 2.54. The van der Waals surface area contributed by atoms with Crippen LogP contribution in [0.25, 0.3) is 0 Å². The Labute approximate surface area is 128 Å². The van der Waals surface area contributed by atoms with E-state index in [2.05, 4.69) is 5.32 Å². The first kappa shape index (κ1) is 15.6. The number of aliphatic carboxylic acids is 1. The highest BCUT2D eigenvalue weighted by Crippen LogP contribution is 2.19. The first-order valence-corrected chi connectivity index (χ1v) is 6.85. The number of hydrogen-bond donors (Lipinski definition) is 2. The standard InChI is InChI=1S/C17H17NO4/c1-22-15-5-3-2-4-14(15)17(21)18-13-9-6-12(7-10-13)8-11-16(19)20/h2-7,9-10H,8,11H2,1H3,(H,18,21)(H,19,20). The molecule has 1 amide bonds. The van der Waals surface area contributed by atoms with E-state index in [1.807, 2.05) is 0 Å². The van der Waals surface area contributed by atoms with E-state index < -0.39 is 5.97 Å². The SMILES string of the molecule is COc1ccccc1C(=O)Nc1ccc(CCC(=O)O)cc1. The minimum Gasteiger partial charge on any atom is -0.496 e. The van der Waals surface area contributed by atoms with Gasteiger partial charge in [-0.1, -0.05) is 24.3 Å². The van der Waals surface area contributed by atoms with Crippen molar-refractivity contribution >= 4 is 17.6 Å². The number of ether oxygens (including phenoxy) is 1. The van der Waals surface area contributed by atoms with Gasteiger partial charge in [0.1, 0.15) is 5.75 Å². The van der Waals surface area contributed by atoms with Gasteiger partial charge in [-0.2, -0.15) is 0 Å². The van der Waals surface area contributed by atoms with E-state index in [0.29, 0.717) is 23.4 Å². The minimum atomic E-state index is -0.825. The molecule has 2 N–H and O–H groups in total. The van der Waals surface area contributed by atoms with Crippen LogP contribution in [0.1, 0.15) is 22.3 Å². The molecule has 5 heteroatoms. The van der Waals surface area contributed by atoms with Gasteiger partial charge in [-0.3, -0.25) is 9.59 Å². The third-order valence-corrected chi connectivity index (χ3v) is 3.19. The number of para-hydroxylation sites is 1. The number of methoxy groups -OCH3 is 1. The maximum Gasteiger partial charge on any atom is 0.303 e. The number of benzene rings is 2.